The van der Waals surface area contributed by atoms with Crippen molar-refractivity contribution < 1.29 is 19.1 Å². The summed E-state index contributed by atoms with van der Waals surface area (Å²) in [4.78, 5) is 23.3. The second kappa shape index (κ2) is 10.3. The minimum absolute atomic E-state index is 0.201. The van der Waals surface area contributed by atoms with Crippen LogP contribution in [0.4, 0.5) is 0 Å². The Balaban J connectivity index is 1.30. The first kappa shape index (κ1) is 24.2. The van der Waals surface area contributed by atoms with Crippen LogP contribution < -0.4 is 9.47 Å². The summed E-state index contributed by atoms with van der Waals surface area (Å²) in [7, 11) is 0. The number of hydrogen-bond donors (Lipinski definition) is 0. The molecule has 4 heteroatoms. The smallest absolute Gasteiger partial charge is 0.343 e. The van der Waals surface area contributed by atoms with Crippen molar-refractivity contribution in [2.45, 2.75) is 69.6 Å². The fourth-order valence-electron chi connectivity index (χ4n) is 7.72. The van der Waals surface area contributed by atoms with E-state index in [2.05, 4.69) is 12.1 Å². The summed E-state index contributed by atoms with van der Waals surface area (Å²) >= 11 is 0. The van der Waals surface area contributed by atoms with Crippen molar-refractivity contribution in [2.75, 3.05) is 6.61 Å². The highest BCUT2D eigenvalue weighted by atomic mass is 16.5. The minimum Gasteiger partial charge on any atom is -0.493 e. The number of hydrogen-bond acceptors (Lipinski definition) is 4. The van der Waals surface area contributed by atoms with Gasteiger partial charge in [-0.2, -0.15) is 0 Å². The third-order valence-electron chi connectivity index (χ3n) is 8.96. The van der Waals surface area contributed by atoms with Crippen LogP contribution in [0.25, 0.3) is 10.8 Å². The highest BCUT2D eigenvalue weighted by Crippen LogP contribution is 2.62. The fourth-order valence-corrected chi connectivity index (χ4v) is 7.72. The molecule has 4 fully saturated rings. The average Bonchev–Trinajstić information content (AvgIpc) is 2.90. The van der Waals surface area contributed by atoms with Crippen LogP contribution in [0, 0.1) is 17.8 Å². The van der Waals surface area contributed by atoms with Crippen molar-refractivity contribution in [3.63, 3.8) is 0 Å². The molecule has 0 unspecified atom stereocenters. The molecule has 4 nitrogen and oxygen atoms in total. The number of unbranched alkanes of at least 4 members (excludes halogenated alkanes) is 3. The van der Waals surface area contributed by atoms with Crippen LogP contribution in [0.15, 0.2) is 60.7 Å². The molecule has 0 atom stereocenters. The fraction of sp³-hybridized carbons (Fsp3) is 0.455. The van der Waals surface area contributed by atoms with Crippen molar-refractivity contribution in [1.29, 1.82) is 0 Å². The van der Waals surface area contributed by atoms with Crippen LogP contribution in [0.2, 0.25) is 0 Å². The van der Waals surface area contributed by atoms with Gasteiger partial charge in [-0.25, -0.2) is 4.79 Å². The van der Waals surface area contributed by atoms with E-state index in [0.717, 1.165) is 59.8 Å². The van der Waals surface area contributed by atoms with Gasteiger partial charge in [0.15, 0.2) is 0 Å². The molecule has 4 bridgehead atoms. The molecule has 0 heterocycles. The Morgan fingerprint density at radius 2 is 1.57 bits per heavy atom. The number of carbonyl (C=O) groups excluding carboxylic acids is 2. The first-order valence-electron chi connectivity index (χ1n) is 14.0. The van der Waals surface area contributed by atoms with E-state index in [1.54, 1.807) is 12.1 Å². The Hall–Kier alpha value is -3.14. The lowest BCUT2D eigenvalue weighted by Crippen LogP contribution is -2.48. The van der Waals surface area contributed by atoms with E-state index < -0.39 is 0 Å². The minimum atomic E-state index is -0.337. The molecule has 3 aromatic rings. The second-order valence-electron chi connectivity index (χ2n) is 11.7. The number of aldehydes is 1. The topological polar surface area (TPSA) is 52.6 Å². The van der Waals surface area contributed by atoms with Gasteiger partial charge in [0.05, 0.1) is 12.2 Å². The van der Waals surface area contributed by atoms with Crippen molar-refractivity contribution in [3.8, 4) is 11.5 Å². The highest BCUT2D eigenvalue weighted by molar-refractivity contribution is 5.92. The third-order valence-corrected chi connectivity index (χ3v) is 8.96. The van der Waals surface area contributed by atoms with Gasteiger partial charge in [0.1, 0.15) is 17.8 Å². The molecule has 7 rings (SSSR count). The lowest BCUT2D eigenvalue weighted by atomic mass is 9.48. The Morgan fingerprint density at radius 3 is 2.27 bits per heavy atom. The maximum atomic E-state index is 12.7. The summed E-state index contributed by atoms with van der Waals surface area (Å²) in [6, 6.07) is 19.6. The van der Waals surface area contributed by atoms with Gasteiger partial charge in [0.25, 0.3) is 0 Å². The van der Waals surface area contributed by atoms with Crippen molar-refractivity contribution in [2.24, 2.45) is 17.8 Å². The number of benzene rings is 3. The van der Waals surface area contributed by atoms with Crippen LogP contribution in [0.3, 0.4) is 0 Å². The predicted octanol–water partition coefficient (Wildman–Crippen LogP) is 7.66. The van der Waals surface area contributed by atoms with E-state index in [1.165, 1.54) is 44.1 Å². The van der Waals surface area contributed by atoms with Crippen LogP contribution in [0.1, 0.15) is 80.1 Å². The zero-order valence-corrected chi connectivity index (χ0v) is 21.5. The summed E-state index contributed by atoms with van der Waals surface area (Å²) in [6.45, 7) is 0.677. The molecule has 3 aromatic carbocycles. The molecule has 0 aromatic heterocycles. The van der Waals surface area contributed by atoms with Crippen LogP contribution in [-0.2, 0) is 10.2 Å². The summed E-state index contributed by atoms with van der Waals surface area (Å²) in [6.07, 6.45) is 12.5. The van der Waals surface area contributed by atoms with Gasteiger partial charge >= 0.3 is 5.97 Å². The van der Waals surface area contributed by atoms with E-state index in [4.69, 9.17) is 9.47 Å². The molecule has 0 aliphatic heterocycles. The molecule has 37 heavy (non-hydrogen) atoms. The maximum absolute atomic E-state index is 12.7. The number of carbonyl (C=O) groups is 2. The largest absolute Gasteiger partial charge is 0.493 e. The van der Waals surface area contributed by atoms with Crippen LogP contribution >= 0.6 is 0 Å². The SMILES string of the molecule is O=CCCCCCOc1cc2ccc(OC(=O)c3ccccc3)cc2cc1C12CC3CC(CC(C3)C1)C2. The number of esters is 1. The molecule has 192 valence electrons. The van der Waals surface area contributed by atoms with Gasteiger partial charge in [0.2, 0.25) is 0 Å². The zero-order chi connectivity index (χ0) is 25.2. The van der Waals surface area contributed by atoms with E-state index in [-0.39, 0.29) is 11.4 Å². The molecule has 4 aliphatic carbocycles. The van der Waals surface area contributed by atoms with E-state index in [9.17, 15) is 9.59 Å². The van der Waals surface area contributed by atoms with Crippen LogP contribution in [0.5, 0.6) is 11.5 Å². The summed E-state index contributed by atoms with van der Waals surface area (Å²) in [5.74, 6) is 3.79. The Bertz CT molecular complexity index is 1240. The summed E-state index contributed by atoms with van der Waals surface area (Å²) in [5, 5.41) is 2.20. The molecule has 0 radical (unpaired) electrons. The molecule has 4 aliphatic rings. The number of fused-ring (bicyclic) bond motifs is 1. The third kappa shape index (κ3) is 5.03. The molecular formula is C33H36O4. The lowest BCUT2D eigenvalue weighted by molar-refractivity contribution is -0.107. The van der Waals surface area contributed by atoms with Crippen molar-refractivity contribution in [3.05, 3.63) is 71.8 Å². The van der Waals surface area contributed by atoms with Gasteiger partial charge in [-0.1, -0.05) is 24.3 Å². The number of rotatable bonds is 10. The monoisotopic (exact) mass is 496 g/mol. The van der Waals surface area contributed by atoms with Gasteiger partial charge in [0, 0.05) is 12.0 Å². The molecular weight excluding hydrogens is 460 g/mol. The quantitative estimate of drug-likeness (QED) is 0.125. The Morgan fingerprint density at radius 1 is 0.838 bits per heavy atom. The lowest BCUT2D eigenvalue weighted by Gasteiger charge is -2.57. The normalized spacial score (nSPS) is 25.8. The molecule has 4 saturated carbocycles. The van der Waals surface area contributed by atoms with Gasteiger partial charge in [-0.15, -0.1) is 0 Å². The first-order chi connectivity index (χ1) is 18.1. The highest BCUT2D eigenvalue weighted by Gasteiger charge is 2.52. The zero-order valence-electron chi connectivity index (χ0n) is 21.5. The van der Waals surface area contributed by atoms with Gasteiger partial charge < -0.3 is 14.3 Å². The van der Waals surface area contributed by atoms with E-state index in [0.29, 0.717) is 24.3 Å². The maximum Gasteiger partial charge on any atom is 0.343 e. The van der Waals surface area contributed by atoms with Gasteiger partial charge in [-0.3, -0.25) is 0 Å². The standard InChI is InChI=1S/C33H36O4/c34-12-6-1-2-7-13-36-31-19-27-10-11-29(37-32(35)26-8-4-3-5-9-26)17-28(27)18-30(31)33-20-23-14-24(21-33)16-25(15-23)22-33/h3-5,8-12,17-19,23-25H,1-2,6-7,13-16,20-22H2. The Labute approximate surface area is 219 Å². The molecule has 0 saturated heterocycles. The summed E-state index contributed by atoms with van der Waals surface area (Å²) < 4.78 is 12.2. The predicted molar refractivity (Wildman–Crippen MR) is 145 cm³/mol. The number of ether oxygens (including phenoxy) is 2. The Kier molecular flexibility index (Phi) is 6.75. The van der Waals surface area contributed by atoms with Crippen molar-refractivity contribution in [1.82, 2.24) is 0 Å². The molecule has 0 spiro atoms. The summed E-state index contributed by atoms with van der Waals surface area (Å²) in [5.41, 5.74) is 2.11. The second-order valence-corrected chi connectivity index (χ2v) is 11.7. The molecule has 0 N–H and O–H groups in total. The van der Waals surface area contributed by atoms with E-state index in [1.807, 2.05) is 36.4 Å². The van der Waals surface area contributed by atoms with E-state index >= 15 is 0 Å². The molecule has 0 amide bonds. The average molecular weight is 497 g/mol. The van der Waals surface area contributed by atoms with Gasteiger partial charge in [-0.05, 0) is 128 Å². The first-order valence-corrected chi connectivity index (χ1v) is 14.0. The van der Waals surface area contributed by atoms with Crippen molar-refractivity contribution >= 4 is 23.0 Å². The van der Waals surface area contributed by atoms with Crippen LogP contribution in [-0.4, -0.2) is 18.9 Å².